The number of ketones is 2. The predicted molar refractivity (Wildman–Crippen MR) is 85.8 cm³/mol. The fourth-order valence-electron chi connectivity index (χ4n) is 2.33. The number of amides is 1. The maximum atomic E-state index is 12.4. The van der Waals surface area contributed by atoms with E-state index in [1.807, 2.05) is 0 Å². The van der Waals surface area contributed by atoms with Gasteiger partial charge in [0.2, 0.25) is 5.78 Å². The molecule has 0 aromatic heterocycles. The highest BCUT2D eigenvalue weighted by Crippen LogP contribution is 2.19. The van der Waals surface area contributed by atoms with Gasteiger partial charge in [0.1, 0.15) is 6.29 Å². The maximum Gasteiger partial charge on any atom is 0.410 e. The fraction of sp³-hybridized carbons (Fsp3) is 0.294. The summed E-state index contributed by atoms with van der Waals surface area (Å²) in [5.74, 6) is -0.522. The molecular formula is C17H18N2O5. The van der Waals surface area contributed by atoms with Gasteiger partial charge in [0.15, 0.2) is 5.78 Å². The molecule has 0 saturated heterocycles. The molecule has 0 bridgehead atoms. The Morgan fingerprint density at radius 1 is 1.25 bits per heavy atom. The van der Waals surface area contributed by atoms with Crippen molar-refractivity contribution in [3.8, 4) is 0 Å². The summed E-state index contributed by atoms with van der Waals surface area (Å²) in [4.78, 5) is 47.9. The second-order valence-electron chi connectivity index (χ2n) is 5.04. The van der Waals surface area contributed by atoms with E-state index in [9.17, 15) is 19.2 Å². The minimum atomic E-state index is -0.600. The fourth-order valence-corrected chi connectivity index (χ4v) is 2.33. The van der Waals surface area contributed by atoms with Crippen molar-refractivity contribution in [1.29, 1.82) is 0 Å². The van der Waals surface area contributed by atoms with Crippen LogP contribution < -0.4 is 5.32 Å². The molecule has 126 valence electrons. The van der Waals surface area contributed by atoms with E-state index >= 15 is 0 Å². The van der Waals surface area contributed by atoms with Crippen LogP contribution in [0.3, 0.4) is 0 Å². The highest BCUT2D eigenvalue weighted by Gasteiger charge is 2.25. The number of carbonyl (C=O) groups excluding carboxylic acids is 4. The second-order valence-corrected chi connectivity index (χ2v) is 5.04. The van der Waals surface area contributed by atoms with E-state index < -0.39 is 6.09 Å². The Balaban J connectivity index is 1.99. The van der Waals surface area contributed by atoms with Crippen molar-refractivity contribution in [1.82, 2.24) is 10.2 Å². The van der Waals surface area contributed by atoms with Crippen molar-refractivity contribution in [2.45, 2.75) is 6.92 Å². The minimum absolute atomic E-state index is 0.102. The highest BCUT2D eigenvalue weighted by atomic mass is 16.6. The van der Waals surface area contributed by atoms with Gasteiger partial charge in [-0.2, -0.15) is 0 Å². The Morgan fingerprint density at radius 3 is 2.62 bits per heavy atom. The van der Waals surface area contributed by atoms with Crippen LogP contribution in [0.15, 0.2) is 36.0 Å². The Kier molecular flexibility index (Phi) is 5.83. The van der Waals surface area contributed by atoms with Gasteiger partial charge < -0.3 is 14.8 Å². The summed E-state index contributed by atoms with van der Waals surface area (Å²) in [6, 6.07) is 6.60. The van der Waals surface area contributed by atoms with Crippen LogP contribution in [0.5, 0.6) is 0 Å². The first-order chi connectivity index (χ1) is 11.6. The first-order valence-electron chi connectivity index (χ1n) is 7.57. The number of Topliss-reactive ketones (excluding diaryl/α,β-unsaturated/α-hetero) is 1. The second kappa shape index (κ2) is 8.05. The van der Waals surface area contributed by atoms with E-state index in [4.69, 9.17) is 4.74 Å². The molecule has 1 aromatic carbocycles. The number of carbonyl (C=O) groups is 4. The molecule has 1 aliphatic carbocycles. The summed E-state index contributed by atoms with van der Waals surface area (Å²) in [5, 5.41) is 2.85. The van der Waals surface area contributed by atoms with Crippen molar-refractivity contribution >= 4 is 23.9 Å². The molecule has 0 atom stereocenters. The van der Waals surface area contributed by atoms with Crippen LogP contribution >= 0.6 is 0 Å². The van der Waals surface area contributed by atoms with Gasteiger partial charge in [0.25, 0.3) is 0 Å². The average molecular weight is 330 g/mol. The lowest BCUT2D eigenvalue weighted by Gasteiger charge is -2.21. The average Bonchev–Trinajstić information content (AvgIpc) is 2.58. The molecule has 1 aliphatic rings. The van der Waals surface area contributed by atoms with Crippen LogP contribution in [0.2, 0.25) is 0 Å². The third-order valence-corrected chi connectivity index (χ3v) is 3.48. The zero-order chi connectivity index (χ0) is 17.5. The van der Waals surface area contributed by atoms with Gasteiger partial charge in [-0.15, -0.1) is 0 Å². The molecule has 0 heterocycles. The number of nitrogens with zero attached hydrogens (tertiary/aromatic N) is 1. The number of rotatable bonds is 7. The lowest BCUT2D eigenvalue weighted by Crippen LogP contribution is -2.39. The lowest BCUT2D eigenvalue weighted by atomic mass is 9.93. The molecular weight excluding hydrogens is 312 g/mol. The summed E-state index contributed by atoms with van der Waals surface area (Å²) in [7, 11) is 0. The molecule has 7 nitrogen and oxygen atoms in total. The Hall–Kier alpha value is -2.96. The number of ether oxygens (including phenoxy) is 1. The number of nitrogens with one attached hydrogen (secondary N) is 1. The third-order valence-electron chi connectivity index (χ3n) is 3.48. The lowest BCUT2D eigenvalue weighted by molar-refractivity contribution is -0.108. The first-order valence-corrected chi connectivity index (χ1v) is 7.57. The van der Waals surface area contributed by atoms with Gasteiger partial charge in [-0.1, -0.05) is 24.3 Å². The number of fused-ring (bicyclic) bond motifs is 1. The van der Waals surface area contributed by atoms with Gasteiger partial charge in [-0.05, 0) is 6.92 Å². The van der Waals surface area contributed by atoms with Crippen LogP contribution in [0.4, 0.5) is 4.79 Å². The van der Waals surface area contributed by atoms with Crippen LogP contribution in [0, 0.1) is 0 Å². The van der Waals surface area contributed by atoms with Crippen molar-refractivity contribution in [3.63, 3.8) is 0 Å². The van der Waals surface area contributed by atoms with E-state index in [0.29, 0.717) is 17.4 Å². The molecule has 24 heavy (non-hydrogen) atoms. The highest BCUT2D eigenvalue weighted by molar-refractivity contribution is 6.24. The van der Waals surface area contributed by atoms with Crippen LogP contribution in [-0.2, 0) is 9.53 Å². The number of benzene rings is 1. The number of allylic oxidation sites excluding steroid dienone is 2. The van der Waals surface area contributed by atoms with E-state index in [1.54, 1.807) is 31.2 Å². The predicted octanol–water partition coefficient (Wildman–Crippen LogP) is 1.20. The summed E-state index contributed by atoms with van der Waals surface area (Å²) >= 11 is 0. The molecule has 1 aromatic rings. The molecule has 7 heteroatoms. The summed E-state index contributed by atoms with van der Waals surface area (Å²) in [6.07, 6.45) is 1.25. The van der Waals surface area contributed by atoms with Gasteiger partial charge in [0, 0.05) is 30.3 Å². The third kappa shape index (κ3) is 3.87. The normalized spacial score (nSPS) is 13.0. The number of hydrogen-bond donors (Lipinski definition) is 1. The van der Waals surface area contributed by atoms with Crippen LogP contribution in [0.1, 0.15) is 27.6 Å². The number of aldehydes is 1. The van der Waals surface area contributed by atoms with Gasteiger partial charge in [-0.25, -0.2) is 4.79 Å². The van der Waals surface area contributed by atoms with E-state index in [1.165, 1.54) is 11.0 Å². The molecule has 2 rings (SSSR count). The smallest absolute Gasteiger partial charge is 0.410 e. The Morgan fingerprint density at radius 2 is 1.96 bits per heavy atom. The first kappa shape index (κ1) is 17.4. The zero-order valence-corrected chi connectivity index (χ0v) is 13.3. The van der Waals surface area contributed by atoms with Crippen molar-refractivity contribution in [3.05, 3.63) is 47.2 Å². The monoisotopic (exact) mass is 330 g/mol. The maximum absolute atomic E-state index is 12.4. The molecule has 0 spiro atoms. The standard InChI is InChI=1S/C17H18N2O5/c1-2-24-17(23)19(9-10-20)8-7-18-14-11-15(21)12-5-3-4-6-13(12)16(14)22/h3-6,10-11,18H,2,7-9H2,1H3. The quantitative estimate of drug-likeness (QED) is 0.755. The molecule has 0 unspecified atom stereocenters. The van der Waals surface area contributed by atoms with Gasteiger partial charge >= 0.3 is 6.09 Å². The topological polar surface area (TPSA) is 92.8 Å². The van der Waals surface area contributed by atoms with Gasteiger partial charge in [-0.3, -0.25) is 14.5 Å². The van der Waals surface area contributed by atoms with E-state index in [-0.39, 0.29) is 43.5 Å². The summed E-state index contributed by atoms with van der Waals surface area (Å²) < 4.78 is 4.85. The number of hydrogen-bond acceptors (Lipinski definition) is 6. The Labute approximate surface area is 139 Å². The SMILES string of the molecule is CCOC(=O)N(CC=O)CCNC1=CC(=O)c2ccccc2C1=O. The zero-order valence-electron chi connectivity index (χ0n) is 13.3. The summed E-state index contributed by atoms with van der Waals surface area (Å²) in [6.45, 7) is 2.15. The summed E-state index contributed by atoms with van der Waals surface area (Å²) in [5.41, 5.74) is 0.901. The molecule has 0 aliphatic heterocycles. The molecule has 0 radical (unpaired) electrons. The molecule has 1 amide bonds. The van der Waals surface area contributed by atoms with Crippen LogP contribution in [-0.4, -0.2) is 55.1 Å². The minimum Gasteiger partial charge on any atom is -0.450 e. The molecule has 0 fully saturated rings. The van der Waals surface area contributed by atoms with E-state index in [2.05, 4.69) is 5.32 Å². The molecule has 0 saturated carbocycles. The Bertz CT molecular complexity index is 696. The largest absolute Gasteiger partial charge is 0.450 e. The van der Waals surface area contributed by atoms with Crippen molar-refractivity contribution in [2.24, 2.45) is 0 Å². The van der Waals surface area contributed by atoms with Crippen molar-refractivity contribution in [2.75, 3.05) is 26.2 Å². The van der Waals surface area contributed by atoms with Crippen LogP contribution in [0.25, 0.3) is 0 Å². The molecule has 1 N–H and O–H groups in total. The van der Waals surface area contributed by atoms with Crippen molar-refractivity contribution < 1.29 is 23.9 Å². The van der Waals surface area contributed by atoms with Gasteiger partial charge in [0.05, 0.1) is 18.8 Å². The van der Waals surface area contributed by atoms with E-state index in [0.717, 1.165) is 0 Å².